The molecule has 0 bridgehead atoms. The first-order valence-electron chi connectivity index (χ1n) is 6.33. The SMILES string of the molecule is CCc1cccnc1/N=C1/NC(C)=NC2NNC=C12. The minimum Gasteiger partial charge on any atom is -0.328 e. The fraction of sp³-hybridized carbons (Fsp3) is 0.308. The van der Waals surface area contributed by atoms with Gasteiger partial charge in [-0.15, -0.1) is 0 Å². The molecule has 0 saturated heterocycles. The van der Waals surface area contributed by atoms with Crippen LogP contribution in [-0.2, 0) is 6.42 Å². The minimum atomic E-state index is -0.0752. The maximum absolute atomic E-state index is 4.65. The fourth-order valence-electron chi connectivity index (χ4n) is 2.13. The molecule has 3 heterocycles. The van der Waals surface area contributed by atoms with Crippen LogP contribution in [-0.4, -0.2) is 22.8 Å². The van der Waals surface area contributed by atoms with Gasteiger partial charge < -0.3 is 10.7 Å². The standard InChI is InChI=1S/C13H16N6/c1-3-9-5-4-6-14-11(9)18-12-10-7-15-19-13(10)17-8(2)16-12/h4-7,13,15,19H,3H2,1-2H3,(H,14,16,17,18). The van der Waals surface area contributed by atoms with Crippen molar-refractivity contribution in [3.63, 3.8) is 0 Å². The van der Waals surface area contributed by atoms with Gasteiger partial charge in [0.1, 0.15) is 17.8 Å². The van der Waals surface area contributed by atoms with Crippen molar-refractivity contribution in [3.05, 3.63) is 35.7 Å². The van der Waals surface area contributed by atoms with Gasteiger partial charge in [-0.1, -0.05) is 13.0 Å². The van der Waals surface area contributed by atoms with Crippen molar-refractivity contribution in [1.82, 2.24) is 21.2 Å². The summed E-state index contributed by atoms with van der Waals surface area (Å²) in [6, 6.07) is 3.98. The molecule has 3 N–H and O–H groups in total. The highest BCUT2D eigenvalue weighted by Gasteiger charge is 2.27. The number of hydrogen-bond acceptors (Lipinski definition) is 5. The second-order valence-corrected chi connectivity index (χ2v) is 4.43. The molecular weight excluding hydrogens is 240 g/mol. The van der Waals surface area contributed by atoms with Crippen molar-refractivity contribution < 1.29 is 0 Å². The van der Waals surface area contributed by atoms with Crippen LogP contribution < -0.4 is 16.2 Å². The number of aromatic nitrogens is 1. The zero-order valence-corrected chi connectivity index (χ0v) is 10.9. The maximum atomic E-state index is 4.65. The van der Waals surface area contributed by atoms with Crippen LogP contribution in [0.2, 0.25) is 0 Å². The molecule has 1 aromatic heterocycles. The van der Waals surface area contributed by atoms with Crippen LogP contribution in [0.25, 0.3) is 0 Å². The van der Waals surface area contributed by atoms with Gasteiger partial charge in [0.15, 0.2) is 5.82 Å². The van der Waals surface area contributed by atoms with Crippen molar-refractivity contribution in [3.8, 4) is 0 Å². The van der Waals surface area contributed by atoms with Gasteiger partial charge in [0.2, 0.25) is 0 Å². The second-order valence-electron chi connectivity index (χ2n) is 4.43. The molecule has 2 aliphatic rings. The number of aryl methyl sites for hydroxylation is 1. The second kappa shape index (κ2) is 4.81. The molecule has 0 aromatic carbocycles. The fourth-order valence-corrected chi connectivity index (χ4v) is 2.13. The van der Waals surface area contributed by atoms with Gasteiger partial charge >= 0.3 is 0 Å². The summed E-state index contributed by atoms with van der Waals surface area (Å²) in [5, 5.41) is 3.20. The van der Waals surface area contributed by atoms with Gasteiger partial charge in [0.25, 0.3) is 0 Å². The van der Waals surface area contributed by atoms with Crippen LogP contribution in [0.1, 0.15) is 19.4 Å². The highest BCUT2D eigenvalue weighted by molar-refractivity contribution is 6.12. The molecule has 0 spiro atoms. The van der Waals surface area contributed by atoms with E-state index in [1.54, 1.807) is 6.20 Å². The van der Waals surface area contributed by atoms with E-state index in [0.29, 0.717) is 0 Å². The molecule has 1 aromatic rings. The lowest BCUT2D eigenvalue weighted by molar-refractivity contribution is 0.592. The summed E-state index contributed by atoms with van der Waals surface area (Å²) in [5.74, 6) is 2.39. The smallest absolute Gasteiger partial charge is 0.157 e. The normalized spacial score (nSPS) is 23.3. The summed E-state index contributed by atoms with van der Waals surface area (Å²) >= 11 is 0. The number of pyridine rings is 1. The predicted molar refractivity (Wildman–Crippen MR) is 75.1 cm³/mol. The number of nitrogens with zero attached hydrogens (tertiary/aromatic N) is 3. The van der Waals surface area contributed by atoms with Crippen LogP contribution in [0.3, 0.4) is 0 Å². The number of amidine groups is 2. The summed E-state index contributed by atoms with van der Waals surface area (Å²) in [7, 11) is 0. The quantitative estimate of drug-likeness (QED) is 0.738. The van der Waals surface area contributed by atoms with Gasteiger partial charge in [0.05, 0.1) is 5.57 Å². The molecular formula is C13H16N6. The average Bonchev–Trinajstić information content (AvgIpc) is 2.87. The van der Waals surface area contributed by atoms with Crippen molar-refractivity contribution >= 4 is 17.5 Å². The first-order chi connectivity index (χ1) is 9.28. The van der Waals surface area contributed by atoms with Gasteiger partial charge in [-0.3, -0.25) is 0 Å². The Morgan fingerprint density at radius 2 is 2.32 bits per heavy atom. The molecule has 98 valence electrons. The van der Waals surface area contributed by atoms with Crippen molar-refractivity contribution in [2.24, 2.45) is 9.98 Å². The minimum absolute atomic E-state index is 0.0752. The summed E-state index contributed by atoms with van der Waals surface area (Å²) in [6.07, 6.45) is 4.47. The Balaban J connectivity index is 2.01. The highest BCUT2D eigenvalue weighted by atomic mass is 15.4. The van der Waals surface area contributed by atoms with Gasteiger partial charge in [0, 0.05) is 12.4 Å². The Kier molecular flexibility index (Phi) is 3.00. The van der Waals surface area contributed by atoms with E-state index in [9.17, 15) is 0 Å². The lowest BCUT2D eigenvalue weighted by atomic mass is 10.1. The van der Waals surface area contributed by atoms with E-state index in [2.05, 4.69) is 38.1 Å². The van der Waals surface area contributed by atoms with Crippen LogP contribution in [0, 0.1) is 0 Å². The Hall–Kier alpha value is -2.21. The number of rotatable bonds is 2. The molecule has 0 amide bonds. The zero-order valence-electron chi connectivity index (χ0n) is 10.9. The van der Waals surface area contributed by atoms with Crippen molar-refractivity contribution in [1.29, 1.82) is 0 Å². The van der Waals surface area contributed by atoms with E-state index < -0.39 is 0 Å². The third-order valence-electron chi connectivity index (χ3n) is 3.10. The molecule has 6 nitrogen and oxygen atoms in total. The molecule has 1 unspecified atom stereocenters. The van der Waals surface area contributed by atoms with Gasteiger partial charge in [-0.2, -0.15) is 0 Å². The van der Waals surface area contributed by atoms with E-state index in [1.165, 1.54) is 0 Å². The van der Waals surface area contributed by atoms with Gasteiger partial charge in [-0.05, 0) is 25.0 Å². The Morgan fingerprint density at radius 3 is 3.16 bits per heavy atom. The van der Waals surface area contributed by atoms with Gasteiger partial charge in [-0.25, -0.2) is 20.4 Å². The number of fused-ring (bicyclic) bond motifs is 1. The van der Waals surface area contributed by atoms with E-state index in [-0.39, 0.29) is 6.17 Å². The topological polar surface area (TPSA) is 73.7 Å². The molecule has 2 aliphatic heterocycles. The lowest BCUT2D eigenvalue weighted by Crippen LogP contribution is -2.43. The Bertz CT molecular complexity index is 587. The first kappa shape index (κ1) is 11.9. The van der Waals surface area contributed by atoms with Crippen molar-refractivity contribution in [2.75, 3.05) is 0 Å². The summed E-state index contributed by atoms with van der Waals surface area (Å²) < 4.78 is 0. The number of hydrogen-bond donors (Lipinski definition) is 3. The molecule has 1 atom stereocenters. The van der Waals surface area contributed by atoms with Crippen LogP contribution >= 0.6 is 0 Å². The lowest BCUT2D eigenvalue weighted by Gasteiger charge is -2.20. The molecule has 0 saturated carbocycles. The summed E-state index contributed by atoms with van der Waals surface area (Å²) in [4.78, 5) is 13.4. The molecule has 0 fully saturated rings. The summed E-state index contributed by atoms with van der Waals surface area (Å²) in [6.45, 7) is 4.02. The number of aliphatic imine (C=N–C) groups is 2. The maximum Gasteiger partial charge on any atom is 0.157 e. The van der Waals surface area contributed by atoms with Crippen LogP contribution in [0.15, 0.2) is 40.1 Å². The van der Waals surface area contributed by atoms with E-state index in [4.69, 9.17) is 0 Å². The van der Waals surface area contributed by atoms with E-state index in [1.807, 2.05) is 25.3 Å². The Labute approximate surface area is 111 Å². The molecule has 0 aliphatic carbocycles. The number of nitrogens with one attached hydrogen (secondary N) is 3. The average molecular weight is 256 g/mol. The molecule has 6 heteroatoms. The van der Waals surface area contributed by atoms with E-state index in [0.717, 1.165) is 35.0 Å². The molecule has 3 rings (SSSR count). The highest BCUT2D eigenvalue weighted by Crippen LogP contribution is 2.20. The van der Waals surface area contributed by atoms with Crippen LogP contribution in [0.4, 0.5) is 5.82 Å². The summed E-state index contributed by atoms with van der Waals surface area (Å²) in [5.41, 5.74) is 8.16. The molecule has 0 radical (unpaired) electrons. The third-order valence-corrected chi connectivity index (χ3v) is 3.10. The molecule has 19 heavy (non-hydrogen) atoms. The van der Waals surface area contributed by atoms with Crippen LogP contribution in [0.5, 0.6) is 0 Å². The predicted octanol–water partition coefficient (Wildman–Crippen LogP) is 1.01. The third kappa shape index (κ3) is 2.22. The van der Waals surface area contributed by atoms with E-state index >= 15 is 0 Å². The monoisotopic (exact) mass is 256 g/mol. The Morgan fingerprint density at radius 1 is 1.42 bits per heavy atom. The largest absolute Gasteiger partial charge is 0.328 e. The first-order valence-corrected chi connectivity index (χ1v) is 6.33. The zero-order chi connectivity index (χ0) is 13.2. The number of hydrazine groups is 1. The van der Waals surface area contributed by atoms with Crippen molar-refractivity contribution in [2.45, 2.75) is 26.4 Å².